The lowest BCUT2D eigenvalue weighted by molar-refractivity contribution is 0.102. The molecule has 26 heavy (non-hydrogen) atoms. The second kappa shape index (κ2) is 7.61. The number of hydrogen-bond acceptors (Lipinski definition) is 4. The number of sulfonamides is 1. The summed E-state index contributed by atoms with van der Waals surface area (Å²) in [6.07, 6.45) is 0. The van der Waals surface area contributed by atoms with E-state index in [1.807, 2.05) is 12.1 Å². The van der Waals surface area contributed by atoms with Crippen molar-refractivity contribution in [3.05, 3.63) is 75.4 Å². The molecular weight excluding hydrogens is 436 g/mol. The van der Waals surface area contributed by atoms with Crippen LogP contribution in [0.5, 0.6) is 0 Å². The average molecular weight is 451 g/mol. The Morgan fingerprint density at radius 3 is 2.50 bits per heavy atom. The largest absolute Gasteiger partial charge is 0.321 e. The van der Waals surface area contributed by atoms with Crippen LogP contribution in [0.4, 0.5) is 11.4 Å². The van der Waals surface area contributed by atoms with Gasteiger partial charge in [0.15, 0.2) is 0 Å². The number of nitrogens with zero attached hydrogens (tertiary/aromatic N) is 1. The number of halogens is 1. The predicted molar refractivity (Wildman–Crippen MR) is 108 cm³/mol. The van der Waals surface area contributed by atoms with Gasteiger partial charge in [-0.3, -0.25) is 9.10 Å². The summed E-state index contributed by atoms with van der Waals surface area (Å²) in [5.41, 5.74) is 1.11. The molecule has 0 fully saturated rings. The quantitative estimate of drug-likeness (QED) is 0.617. The molecule has 1 N–H and O–H groups in total. The van der Waals surface area contributed by atoms with Gasteiger partial charge < -0.3 is 5.32 Å². The molecule has 1 heterocycles. The molecule has 5 nitrogen and oxygen atoms in total. The smallest absolute Gasteiger partial charge is 0.267 e. The van der Waals surface area contributed by atoms with Gasteiger partial charge >= 0.3 is 0 Å². The van der Waals surface area contributed by atoms with Crippen LogP contribution < -0.4 is 9.62 Å². The van der Waals surface area contributed by atoms with Crippen molar-refractivity contribution in [2.75, 3.05) is 16.7 Å². The molecule has 3 rings (SSSR count). The second-order valence-electron chi connectivity index (χ2n) is 5.39. The fourth-order valence-corrected chi connectivity index (χ4v) is 5.23. The van der Waals surface area contributed by atoms with Crippen LogP contribution in [-0.4, -0.2) is 21.4 Å². The highest BCUT2D eigenvalue weighted by Crippen LogP contribution is 2.28. The fraction of sp³-hybridized carbons (Fsp3) is 0.0556. The van der Waals surface area contributed by atoms with Crippen molar-refractivity contribution < 1.29 is 13.2 Å². The molecule has 0 unspecified atom stereocenters. The first-order valence-electron chi connectivity index (χ1n) is 7.58. The zero-order valence-electron chi connectivity index (χ0n) is 13.7. The van der Waals surface area contributed by atoms with E-state index in [9.17, 15) is 13.2 Å². The number of thiophene rings is 1. The normalized spacial score (nSPS) is 11.2. The van der Waals surface area contributed by atoms with E-state index in [0.717, 1.165) is 15.8 Å². The van der Waals surface area contributed by atoms with Crippen LogP contribution in [0, 0.1) is 0 Å². The highest BCUT2D eigenvalue weighted by molar-refractivity contribution is 9.10. The molecule has 0 saturated carbocycles. The van der Waals surface area contributed by atoms with E-state index in [4.69, 9.17) is 0 Å². The fourth-order valence-electron chi connectivity index (χ4n) is 2.34. The molecule has 8 heteroatoms. The predicted octanol–water partition coefficient (Wildman–Crippen LogP) is 4.59. The van der Waals surface area contributed by atoms with Gasteiger partial charge in [-0.05, 0) is 41.8 Å². The van der Waals surface area contributed by atoms with Crippen LogP contribution in [0.25, 0.3) is 0 Å². The molecule has 0 atom stereocenters. The van der Waals surface area contributed by atoms with E-state index in [-0.39, 0.29) is 9.77 Å². The van der Waals surface area contributed by atoms with Crippen molar-refractivity contribution in [1.82, 2.24) is 0 Å². The number of nitrogens with one attached hydrogen (secondary N) is 1. The second-order valence-corrected chi connectivity index (χ2v) is 9.16. The van der Waals surface area contributed by atoms with E-state index in [1.165, 1.54) is 17.4 Å². The maximum absolute atomic E-state index is 13.0. The summed E-state index contributed by atoms with van der Waals surface area (Å²) in [5, 5.41) is 4.33. The van der Waals surface area contributed by atoms with Gasteiger partial charge in [0.25, 0.3) is 15.9 Å². The van der Waals surface area contributed by atoms with E-state index in [2.05, 4.69) is 21.2 Å². The Balaban J connectivity index is 1.91. The van der Waals surface area contributed by atoms with Gasteiger partial charge in [-0.25, -0.2) is 8.42 Å². The lowest BCUT2D eigenvalue weighted by atomic mass is 10.3. The number of carbonyl (C=O) groups excluding carboxylic acids is 1. The Morgan fingerprint density at radius 2 is 1.81 bits per heavy atom. The van der Waals surface area contributed by atoms with E-state index in [1.54, 1.807) is 47.8 Å². The maximum Gasteiger partial charge on any atom is 0.267 e. The molecule has 2 aromatic carbocycles. The molecular formula is C18H15BrN2O3S2. The zero-order chi connectivity index (χ0) is 18.7. The molecule has 0 radical (unpaired) electrons. The molecule has 0 aliphatic heterocycles. The maximum atomic E-state index is 13.0. The van der Waals surface area contributed by atoms with Crippen molar-refractivity contribution in [2.45, 2.75) is 4.90 Å². The van der Waals surface area contributed by atoms with Crippen molar-refractivity contribution in [2.24, 2.45) is 0 Å². The van der Waals surface area contributed by atoms with Gasteiger partial charge in [0.05, 0.1) is 5.69 Å². The number of para-hydroxylation sites is 1. The van der Waals surface area contributed by atoms with Crippen LogP contribution in [0.15, 0.2) is 75.4 Å². The summed E-state index contributed by atoms with van der Waals surface area (Å²) in [6, 6.07) is 17.3. The summed E-state index contributed by atoms with van der Waals surface area (Å²) in [5.74, 6) is -0.460. The highest BCUT2D eigenvalue weighted by atomic mass is 79.9. The first-order chi connectivity index (χ1) is 12.4. The zero-order valence-corrected chi connectivity index (χ0v) is 16.9. The molecule has 3 aromatic rings. The molecule has 0 spiro atoms. The topological polar surface area (TPSA) is 66.5 Å². The summed E-state index contributed by atoms with van der Waals surface area (Å²) in [6.45, 7) is 0. The van der Waals surface area contributed by atoms with Crippen LogP contribution in [0.2, 0.25) is 0 Å². The number of benzene rings is 2. The van der Waals surface area contributed by atoms with Gasteiger partial charge in [-0.1, -0.05) is 40.2 Å². The minimum atomic E-state index is -3.85. The van der Waals surface area contributed by atoms with Gasteiger partial charge in [0.1, 0.15) is 9.77 Å². The third-order valence-corrected chi connectivity index (χ3v) is 7.04. The molecule has 0 aliphatic carbocycles. The van der Waals surface area contributed by atoms with E-state index in [0.29, 0.717) is 11.4 Å². The van der Waals surface area contributed by atoms with Gasteiger partial charge in [0, 0.05) is 17.2 Å². The minimum Gasteiger partial charge on any atom is -0.321 e. The Hall–Kier alpha value is -2.16. The third-order valence-electron chi connectivity index (χ3n) is 3.68. The number of amides is 1. The third kappa shape index (κ3) is 3.82. The van der Waals surface area contributed by atoms with Crippen molar-refractivity contribution >= 4 is 54.6 Å². The van der Waals surface area contributed by atoms with Crippen molar-refractivity contribution in [3.8, 4) is 0 Å². The van der Waals surface area contributed by atoms with Gasteiger partial charge in [0.2, 0.25) is 0 Å². The number of carbonyl (C=O) groups is 1. The standard InChI is InChI=1S/C18H15BrN2O3S2/c1-21(15-8-3-2-4-9-15)26(23,24)16-10-11-25-17(16)18(22)20-14-7-5-6-13(19)12-14/h2-12H,1H3,(H,20,22). The molecule has 1 aromatic heterocycles. The summed E-state index contributed by atoms with van der Waals surface area (Å²) < 4.78 is 27.9. The summed E-state index contributed by atoms with van der Waals surface area (Å²) in [7, 11) is -2.38. The summed E-state index contributed by atoms with van der Waals surface area (Å²) >= 11 is 4.43. The highest BCUT2D eigenvalue weighted by Gasteiger charge is 2.28. The molecule has 1 amide bonds. The Kier molecular flexibility index (Phi) is 5.45. The lowest BCUT2D eigenvalue weighted by Gasteiger charge is -2.19. The molecule has 0 aliphatic rings. The van der Waals surface area contributed by atoms with Crippen LogP contribution >= 0.6 is 27.3 Å². The Morgan fingerprint density at radius 1 is 1.08 bits per heavy atom. The Labute approximate surface area is 164 Å². The number of anilines is 2. The minimum absolute atomic E-state index is 0.0126. The van der Waals surface area contributed by atoms with Crippen LogP contribution in [-0.2, 0) is 10.0 Å². The Bertz CT molecular complexity index is 1030. The van der Waals surface area contributed by atoms with Crippen LogP contribution in [0.3, 0.4) is 0 Å². The first-order valence-corrected chi connectivity index (χ1v) is 10.7. The average Bonchev–Trinajstić information content (AvgIpc) is 3.12. The van der Waals surface area contributed by atoms with Gasteiger partial charge in [-0.15, -0.1) is 11.3 Å². The number of hydrogen-bond donors (Lipinski definition) is 1. The monoisotopic (exact) mass is 450 g/mol. The van der Waals surface area contributed by atoms with Gasteiger partial charge in [-0.2, -0.15) is 0 Å². The van der Waals surface area contributed by atoms with Crippen molar-refractivity contribution in [3.63, 3.8) is 0 Å². The van der Waals surface area contributed by atoms with Crippen LogP contribution in [0.1, 0.15) is 9.67 Å². The van der Waals surface area contributed by atoms with E-state index >= 15 is 0 Å². The molecule has 134 valence electrons. The lowest BCUT2D eigenvalue weighted by Crippen LogP contribution is -2.28. The molecule has 0 saturated heterocycles. The van der Waals surface area contributed by atoms with E-state index < -0.39 is 15.9 Å². The SMILES string of the molecule is CN(c1ccccc1)S(=O)(=O)c1ccsc1C(=O)Nc1cccc(Br)c1. The number of rotatable bonds is 5. The summed E-state index contributed by atoms with van der Waals surface area (Å²) in [4.78, 5) is 12.7. The molecule has 0 bridgehead atoms. The van der Waals surface area contributed by atoms with Crippen molar-refractivity contribution in [1.29, 1.82) is 0 Å². The first kappa shape index (κ1) is 18.6.